The van der Waals surface area contributed by atoms with Crippen LogP contribution in [0.1, 0.15) is 42.0 Å². The van der Waals surface area contributed by atoms with Gasteiger partial charge in [0.2, 0.25) is 11.8 Å². The molecule has 0 fully saturated rings. The van der Waals surface area contributed by atoms with E-state index in [4.69, 9.17) is 23.2 Å². The van der Waals surface area contributed by atoms with Gasteiger partial charge in [-0.1, -0.05) is 103 Å². The first-order valence-corrected chi connectivity index (χ1v) is 12.7. The first kappa shape index (κ1) is 26.8. The molecule has 3 aromatic rings. The molecule has 0 aliphatic heterocycles. The lowest BCUT2D eigenvalue weighted by atomic mass is 10.0. The van der Waals surface area contributed by atoms with Crippen LogP contribution in [0.25, 0.3) is 0 Å². The molecule has 0 bridgehead atoms. The van der Waals surface area contributed by atoms with Gasteiger partial charge < -0.3 is 10.2 Å². The van der Waals surface area contributed by atoms with E-state index in [1.807, 2.05) is 61.5 Å². The number of unbranched alkanes of at least 4 members (excludes halogenated alkanes) is 1. The Morgan fingerprint density at radius 3 is 2.31 bits per heavy atom. The molecule has 0 saturated carbocycles. The summed E-state index contributed by atoms with van der Waals surface area (Å²) in [6.07, 6.45) is 2.36. The second-order valence-electron chi connectivity index (χ2n) is 8.77. The van der Waals surface area contributed by atoms with Gasteiger partial charge in [-0.25, -0.2) is 0 Å². The molecular weight excluding hydrogens is 479 g/mol. The van der Waals surface area contributed by atoms with E-state index in [0.717, 1.165) is 29.5 Å². The van der Waals surface area contributed by atoms with Crippen molar-refractivity contribution in [2.75, 3.05) is 6.54 Å². The minimum absolute atomic E-state index is 0.0788. The Hall–Kier alpha value is -2.82. The third-order valence-electron chi connectivity index (χ3n) is 5.93. The lowest BCUT2D eigenvalue weighted by Gasteiger charge is -2.32. The highest BCUT2D eigenvalue weighted by Crippen LogP contribution is 2.23. The largest absolute Gasteiger partial charge is 0.354 e. The Morgan fingerprint density at radius 1 is 0.943 bits per heavy atom. The van der Waals surface area contributed by atoms with Crippen LogP contribution in [0.2, 0.25) is 10.0 Å². The minimum atomic E-state index is -0.658. The average Bonchev–Trinajstić information content (AvgIpc) is 2.85. The van der Waals surface area contributed by atoms with Gasteiger partial charge in [0.05, 0.1) is 6.42 Å². The van der Waals surface area contributed by atoms with Crippen LogP contribution >= 0.6 is 23.2 Å². The molecule has 6 heteroatoms. The fourth-order valence-corrected chi connectivity index (χ4v) is 4.36. The van der Waals surface area contributed by atoms with Gasteiger partial charge in [0, 0.05) is 29.6 Å². The Bertz CT molecular complexity index is 1120. The summed E-state index contributed by atoms with van der Waals surface area (Å²) >= 11 is 12.4. The highest BCUT2D eigenvalue weighted by Gasteiger charge is 2.30. The highest BCUT2D eigenvalue weighted by molar-refractivity contribution is 6.35. The number of amides is 2. The van der Waals surface area contributed by atoms with Gasteiger partial charge in [0.15, 0.2) is 0 Å². The van der Waals surface area contributed by atoms with Gasteiger partial charge in [-0.15, -0.1) is 0 Å². The van der Waals surface area contributed by atoms with Crippen LogP contribution in [0, 0.1) is 6.92 Å². The molecule has 1 N–H and O–H groups in total. The third kappa shape index (κ3) is 8.12. The van der Waals surface area contributed by atoms with Crippen molar-refractivity contribution in [3.8, 4) is 0 Å². The maximum Gasteiger partial charge on any atom is 0.243 e. The molecule has 0 aromatic heterocycles. The predicted octanol–water partition coefficient (Wildman–Crippen LogP) is 6.40. The number of hydrogen-bond donors (Lipinski definition) is 1. The van der Waals surface area contributed by atoms with E-state index in [1.165, 1.54) is 0 Å². The number of hydrogen-bond acceptors (Lipinski definition) is 2. The lowest BCUT2D eigenvalue weighted by molar-refractivity contribution is -0.140. The summed E-state index contributed by atoms with van der Waals surface area (Å²) in [7, 11) is 0. The number of halogens is 2. The van der Waals surface area contributed by atoms with E-state index < -0.39 is 6.04 Å². The zero-order valence-corrected chi connectivity index (χ0v) is 21.8. The molecule has 0 radical (unpaired) electrons. The molecule has 1 atom stereocenters. The van der Waals surface area contributed by atoms with Gasteiger partial charge in [-0.05, 0) is 42.2 Å². The van der Waals surface area contributed by atoms with E-state index in [0.29, 0.717) is 35.1 Å². The number of rotatable bonds is 11. The molecule has 0 saturated heterocycles. The summed E-state index contributed by atoms with van der Waals surface area (Å²) in [4.78, 5) is 28.9. The van der Waals surface area contributed by atoms with E-state index in [9.17, 15) is 9.59 Å². The van der Waals surface area contributed by atoms with Crippen molar-refractivity contribution < 1.29 is 9.59 Å². The van der Waals surface area contributed by atoms with Crippen LogP contribution in [0.4, 0.5) is 0 Å². The molecule has 0 unspecified atom stereocenters. The number of aryl methyl sites for hydroxylation is 1. The number of benzene rings is 3. The second kappa shape index (κ2) is 13.3. The van der Waals surface area contributed by atoms with Gasteiger partial charge in [-0.3, -0.25) is 9.59 Å². The monoisotopic (exact) mass is 510 g/mol. The standard InChI is InChI=1S/C29H32Cl2N2O2/c1-3-4-16-32-29(35)27(17-22-8-6-5-7-9-22)33(20-23-12-10-21(2)11-13-23)28(34)18-24-14-15-25(30)19-26(24)31/h5-15,19,27H,3-4,16-18,20H2,1-2H3,(H,32,35)/t27-/m1/s1. The number of nitrogens with one attached hydrogen (secondary N) is 1. The third-order valence-corrected chi connectivity index (χ3v) is 6.52. The van der Waals surface area contributed by atoms with E-state index in [2.05, 4.69) is 12.2 Å². The summed E-state index contributed by atoms with van der Waals surface area (Å²) in [6.45, 7) is 5.00. The molecular formula is C29H32Cl2N2O2. The first-order chi connectivity index (χ1) is 16.9. The molecule has 2 amide bonds. The molecule has 0 aliphatic carbocycles. The van der Waals surface area contributed by atoms with Gasteiger partial charge in [0.1, 0.15) is 6.04 Å². The second-order valence-corrected chi connectivity index (χ2v) is 9.61. The topological polar surface area (TPSA) is 49.4 Å². The minimum Gasteiger partial charge on any atom is -0.354 e. The van der Waals surface area contributed by atoms with Crippen LogP contribution in [-0.4, -0.2) is 29.3 Å². The Balaban J connectivity index is 1.95. The molecule has 3 aromatic carbocycles. The van der Waals surface area contributed by atoms with Crippen molar-refractivity contribution in [1.82, 2.24) is 10.2 Å². The fourth-order valence-electron chi connectivity index (χ4n) is 3.88. The van der Waals surface area contributed by atoms with E-state index in [-0.39, 0.29) is 18.2 Å². The molecule has 0 heterocycles. The van der Waals surface area contributed by atoms with Crippen LogP contribution in [-0.2, 0) is 29.0 Å². The smallest absolute Gasteiger partial charge is 0.243 e. The average molecular weight is 511 g/mol. The fraction of sp³-hybridized carbons (Fsp3) is 0.310. The van der Waals surface area contributed by atoms with Crippen LogP contribution in [0.15, 0.2) is 72.8 Å². The number of carbonyl (C=O) groups is 2. The van der Waals surface area contributed by atoms with E-state index in [1.54, 1.807) is 23.1 Å². The number of carbonyl (C=O) groups excluding carboxylic acids is 2. The van der Waals surface area contributed by atoms with Gasteiger partial charge >= 0.3 is 0 Å². The zero-order valence-electron chi connectivity index (χ0n) is 20.3. The Kier molecular flexibility index (Phi) is 10.2. The summed E-state index contributed by atoms with van der Waals surface area (Å²) in [5.41, 5.74) is 3.78. The molecule has 35 heavy (non-hydrogen) atoms. The number of nitrogens with zero attached hydrogens (tertiary/aromatic N) is 1. The van der Waals surface area contributed by atoms with Crippen molar-refractivity contribution in [1.29, 1.82) is 0 Å². The predicted molar refractivity (Wildman–Crippen MR) is 144 cm³/mol. The molecule has 4 nitrogen and oxygen atoms in total. The SMILES string of the molecule is CCCCNC(=O)[C@@H](Cc1ccccc1)N(Cc1ccc(C)cc1)C(=O)Cc1ccc(Cl)cc1Cl. The first-order valence-electron chi connectivity index (χ1n) is 12.0. The summed E-state index contributed by atoms with van der Waals surface area (Å²) in [6, 6.07) is 22.3. The van der Waals surface area contributed by atoms with Gasteiger partial charge in [0.25, 0.3) is 0 Å². The van der Waals surface area contributed by atoms with Crippen molar-refractivity contribution in [2.45, 2.75) is 52.1 Å². The van der Waals surface area contributed by atoms with Crippen LogP contribution < -0.4 is 5.32 Å². The normalized spacial score (nSPS) is 11.7. The molecule has 0 aliphatic rings. The van der Waals surface area contributed by atoms with Crippen molar-refractivity contribution in [3.63, 3.8) is 0 Å². The zero-order chi connectivity index (χ0) is 25.2. The van der Waals surface area contributed by atoms with Gasteiger partial charge in [-0.2, -0.15) is 0 Å². The summed E-state index contributed by atoms with van der Waals surface area (Å²) < 4.78 is 0. The maximum absolute atomic E-state index is 13.7. The van der Waals surface area contributed by atoms with Crippen molar-refractivity contribution in [2.24, 2.45) is 0 Å². The van der Waals surface area contributed by atoms with Crippen LogP contribution in [0.3, 0.4) is 0 Å². The molecule has 3 rings (SSSR count). The maximum atomic E-state index is 13.7. The highest BCUT2D eigenvalue weighted by atomic mass is 35.5. The molecule has 184 valence electrons. The van der Waals surface area contributed by atoms with Crippen molar-refractivity contribution >= 4 is 35.0 Å². The Morgan fingerprint density at radius 2 is 1.66 bits per heavy atom. The lowest BCUT2D eigenvalue weighted by Crippen LogP contribution is -2.51. The van der Waals surface area contributed by atoms with E-state index >= 15 is 0 Å². The molecule has 0 spiro atoms. The summed E-state index contributed by atoms with van der Waals surface area (Å²) in [5.74, 6) is -0.314. The summed E-state index contributed by atoms with van der Waals surface area (Å²) in [5, 5.41) is 3.99. The van der Waals surface area contributed by atoms with Crippen LogP contribution in [0.5, 0.6) is 0 Å². The quantitative estimate of drug-likeness (QED) is 0.303. The Labute approximate surface area is 218 Å². The van der Waals surface area contributed by atoms with Crippen molar-refractivity contribution in [3.05, 3.63) is 105 Å².